The Morgan fingerprint density at radius 3 is 2.80 bits per heavy atom. The maximum absolute atomic E-state index is 12.3. The smallest absolute Gasteiger partial charge is 0.280 e. The van der Waals surface area contributed by atoms with Crippen LogP contribution >= 0.6 is 11.6 Å². The molecule has 0 radical (unpaired) electrons. The number of nitrogens with one attached hydrogen (secondary N) is 1. The maximum Gasteiger partial charge on any atom is 0.280 e. The molecule has 0 spiro atoms. The van der Waals surface area contributed by atoms with E-state index in [2.05, 4.69) is 20.6 Å². The number of anilines is 1. The molecule has 0 aliphatic heterocycles. The Balaban J connectivity index is 1.78. The van der Waals surface area contributed by atoms with E-state index in [9.17, 15) is 9.59 Å². The molecule has 0 atom stereocenters. The highest BCUT2D eigenvalue weighted by molar-refractivity contribution is 6.31. The van der Waals surface area contributed by atoms with Crippen molar-refractivity contribution in [1.82, 2.24) is 29.4 Å². The summed E-state index contributed by atoms with van der Waals surface area (Å²) < 4.78 is 3.05. The van der Waals surface area contributed by atoms with Gasteiger partial charge in [0.05, 0.1) is 17.2 Å². The van der Waals surface area contributed by atoms with Gasteiger partial charge in [0.25, 0.3) is 5.91 Å². The Hall–Kier alpha value is -2.94. The van der Waals surface area contributed by atoms with Gasteiger partial charge in [-0.05, 0) is 18.2 Å². The average Bonchev–Trinajstić information content (AvgIpc) is 3.13. The minimum absolute atomic E-state index is 0.0120. The molecule has 0 saturated carbocycles. The van der Waals surface area contributed by atoms with Gasteiger partial charge in [-0.25, -0.2) is 9.67 Å². The van der Waals surface area contributed by atoms with Crippen molar-refractivity contribution in [2.24, 2.45) is 7.05 Å². The SMILES string of the molecule is CN(C)C(=O)Cn1cc(C(=O)Nc2nc3cc(Cl)ccc3n2C)nn1. The minimum Gasteiger partial charge on any atom is -0.347 e. The van der Waals surface area contributed by atoms with Crippen LogP contribution in [0.1, 0.15) is 10.5 Å². The summed E-state index contributed by atoms with van der Waals surface area (Å²) in [6.45, 7) is 0.0120. The quantitative estimate of drug-likeness (QED) is 0.752. The summed E-state index contributed by atoms with van der Waals surface area (Å²) in [5.41, 5.74) is 1.60. The Morgan fingerprint density at radius 2 is 2.08 bits per heavy atom. The van der Waals surface area contributed by atoms with E-state index in [1.807, 2.05) is 6.07 Å². The van der Waals surface area contributed by atoms with Crippen molar-refractivity contribution in [3.05, 3.63) is 35.1 Å². The molecule has 0 fully saturated rings. The van der Waals surface area contributed by atoms with Crippen LogP contribution in [0, 0.1) is 0 Å². The van der Waals surface area contributed by atoms with E-state index in [1.165, 1.54) is 15.8 Å². The monoisotopic (exact) mass is 361 g/mol. The van der Waals surface area contributed by atoms with Crippen LogP contribution in [-0.2, 0) is 18.4 Å². The normalized spacial score (nSPS) is 10.9. The zero-order valence-electron chi connectivity index (χ0n) is 13.9. The Morgan fingerprint density at radius 1 is 1.32 bits per heavy atom. The van der Waals surface area contributed by atoms with Gasteiger partial charge < -0.3 is 9.47 Å². The summed E-state index contributed by atoms with van der Waals surface area (Å²) in [4.78, 5) is 29.8. The molecule has 0 saturated heterocycles. The summed E-state index contributed by atoms with van der Waals surface area (Å²) in [5.74, 6) is -0.252. The number of amides is 2. The van der Waals surface area contributed by atoms with E-state index < -0.39 is 5.91 Å². The predicted octanol–water partition coefficient (Wildman–Crippen LogP) is 1.16. The fourth-order valence-electron chi connectivity index (χ4n) is 2.21. The van der Waals surface area contributed by atoms with Gasteiger partial charge in [0.2, 0.25) is 11.9 Å². The molecule has 0 unspecified atom stereocenters. The van der Waals surface area contributed by atoms with Crippen LogP contribution in [-0.4, -0.2) is 55.4 Å². The van der Waals surface area contributed by atoms with Gasteiger partial charge in [-0.2, -0.15) is 0 Å². The Kier molecular flexibility index (Phi) is 4.41. The van der Waals surface area contributed by atoms with Crippen molar-refractivity contribution in [3.8, 4) is 0 Å². The lowest BCUT2D eigenvalue weighted by Gasteiger charge is -2.08. The highest BCUT2D eigenvalue weighted by Crippen LogP contribution is 2.22. The lowest BCUT2D eigenvalue weighted by molar-refractivity contribution is -0.129. The van der Waals surface area contributed by atoms with Crippen LogP contribution in [0.3, 0.4) is 0 Å². The van der Waals surface area contributed by atoms with Crippen LogP contribution in [0.15, 0.2) is 24.4 Å². The number of carbonyl (C=O) groups excluding carboxylic acids is 2. The van der Waals surface area contributed by atoms with Gasteiger partial charge in [0, 0.05) is 26.2 Å². The number of nitrogens with zero attached hydrogens (tertiary/aromatic N) is 6. The van der Waals surface area contributed by atoms with E-state index in [4.69, 9.17) is 11.6 Å². The molecule has 2 amide bonds. The van der Waals surface area contributed by atoms with Crippen LogP contribution < -0.4 is 5.32 Å². The van der Waals surface area contributed by atoms with E-state index >= 15 is 0 Å². The Bertz CT molecular complexity index is 960. The third-order valence-corrected chi connectivity index (χ3v) is 3.87. The van der Waals surface area contributed by atoms with Crippen molar-refractivity contribution in [1.29, 1.82) is 0 Å². The molecule has 9 nitrogen and oxygen atoms in total. The number of carbonyl (C=O) groups is 2. The standard InChI is InChI=1S/C15H16ClN7O2/c1-21(2)13(24)8-23-7-11(19-20-23)14(25)18-15-17-10-6-9(16)4-5-12(10)22(15)3/h4-7H,8H2,1-3H3,(H,17,18,25). The largest absolute Gasteiger partial charge is 0.347 e. The molecular formula is C15H16ClN7O2. The summed E-state index contributed by atoms with van der Waals surface area (Å²) in [7, 11) is 5.07. The number of imidazole rings is 1. The minimum atomic E-state index is -0.465. The molecule has 1 aromatic carbocycles. The van der Waals surface area contributed by atoms with Crippen molar-refractivity contribution < 1.29 is 9.59 Å². The number of aromatic nitrogens is 5. The number of likely N-dealkylation sites (N-methyl/N-ethyl adjacent to an activating group) is 1. The van der Waals surface area contributed by atoms with E-state index in [0.717, 1.165) is 5.52 Å². The summed E-state index contributed by atoms with van der Waals surface area (Å²) in [5, 5.41) is 10.8. The van der Waals surface area contributed by atoms with Crippen LogP contribution in [0.4, 0.5) is 5.95 Å². The number of benzene rings is 1. The Labute approximate surface area is 148 Å². The second kappa shape index (κ2) is 6.52. The number of halogens is 1. The number of aryl methyl sites for hydroxylation is 1. The molecule has 0 aliphatic carbocycles. The van der Waals surface area contributed by atoms with Crippen molar-refractivity contribution in [3.63, 3.8) is 0 Å². The number of rotatable bonds is 4. The lowest BCUT2D eigenvalue weighted by Crippen LogP contribution is -2.26. The van der Waals surface area contributed by atoms with E-state index in [1.54, 1.807) is 37.8 Å². The van der Waals surface area contributed by atoms with Crippen molar-refractivity contribution in [2.45, 2.75) is 6.54 Å². The highest BCUT2D eigenvalue weighted by atomic mass is 35.5. The molecule has 0 bridgehead atoms. The average molecular weight is 362 g/mol. The first kappa shape index (κ1) is 16.9. The number of hydrogen-bond donors (Lipinski definition) is 1. The topological polar surface area (TPSA) is 97.9 Å². The molecule has 2 heterocycles. The molecule has 3 aromatic rings. The summed E-state index contributed by atoms with van der Waals surface area (Å²) in [6.07, 6.45) is 1.41. The maximum atomic E-state index is 12.3. The van der Waals surface area contributed by atoms with Gasteiger partial charge >= 0.3 is 0 Å². The third kappa shape index (κ3) is 3.45. The van der Waals surface area contributed by atoms with Crippen LogP contribution in [0.25, 0.3) is 11.0 Å². The van der Waals surface area contributed by atoms with Crippen molar-refractivity contribution in [2.75, 3.05) is 19.4 Å². The fourth-order valence-corrected chi connectivity index (χ4v) is 2.38. The molecule has 130 valence electrons. The van der Waals surface area contributed by atoms with E-state index in [0.29, 0.717) is 16.5 Å². The first-order chi connectivity index (χ1) is 11.8. The zero-order valence-corrected chi connectivity index (χ0v) is 14.7. The third-order valence-electron chi connectivity index (χ3n) is 3.64. The summed E-state index contributed by atoms with van der Waals surface area (Å²) in [6, 6.07) is 5.30. The van der Waals surface area contributed by atoms with Crippen LogP contribution in [0.2, 0.25) is 5.02 Å². The highest BCUT2D eigenvalue weighted by Gasteiger charge is 2.16. The van der Waals surface area contributed by atoms with Crippen LogP contribution in [0.5, 0.6) is 0 Å². The van der Waals surface area contributed by atoms with Gasteiger partial charge in [0.1, 0.15) is 6.54 Å². The summed E-state index contributed by atoms with van der Waals surface area (Å²) >= 11 is 5.96. The molecule has 25 heavy (non-hydrogen) atoms. The van der Waals surface area contributed by atoms with Gasteiger partial charge in [0.15, 0.2) is 5.69 Å². The second-order valence-electron chi connectivity index (χ2n) is 5.67. The van der Waals surface area contributed by atoms with E-state index in [-0.39, 0.29) is 18.1 Å². The number of fused-ring (bicyclic) bond motifs is 1. The number of hydrogen-bond acceptors (Lipinski definition) is 5. The second-order valence-corrected chi connectivity index (χ2v) is 6.11. The molecular weight excluding hydrogens is 346 g/mol. The molecule has 0 aliphatic rings. The zero-order chi connectivity index (χ0) is 18.1. The molecule has 3 rings (SSSR count). The van der Waals surface area contributed by atoms with Gasteiger partial charge in [-0.1, -0.05) is 16.8 Å². The first-order valence-electron chi connectivity index (χ1n) is 7.39. The van der Waals surface area contributed by atoms with Crippen molar-refractivity contribution >= 4 is 40.4 Å². The first-order valence-corrected chi connectivity index (χ1v) is 7.76. The van der Waals surface area contributed by atoms with Gasteiger partial charge in [-0.3, -0.25) is 14.9 Å². The van der Waals surface area contributed by atoms with Gasteiger partial charge in [-0.15, -0.1) is 5.10 Å². The molecule has 10 heteroatoms. The lowest BCUT2D eigenvalue weighted by atomic mass is 10.3. The molecule has 2 aromatic heterocycles. The fraction of sp³-hybridized carbons (Fsp3) is 0.267. The molecule has 1 N–H and O–H groups in total. The predicted molar refractivity (Wildman–Crippen MR) is 92.4 cm³/mol.